The van der Waals surface area contributed by atoms with E-state index in [0.717, 1.165) is 5.56 Å². The van der Waals surface area contributed by atoms with Gasteiger partial charge in [0.15, 0.2) is 16.6 Å². The van der Waals surface area contributed by atoms with Gasteiger partial charge in [0, 0.05) is 6.07 Å². The molecule has 8 heteroatoms. The summed E-state index contributed by atoms with van der Waals surface area (Å²) in [6.07, 6.45) is 1.43. The Morgan fingerprint density at radius 3 is 2.59 bits per heavy atom. The molecule has 150 valence electrons. The van der Waals surface area contributed by atoms with E-state index in [1.165, 1.54) is 18.1 Å². The van der Waals surface area contributed by atoms with Crippen LogP contribution in [0.25, 0.3) is 6.08 Å². The number of nitrogens with zero attached hydrogens (tertiary/aromatic N) is 1. The highest BCUT2D eigenvalue weighted by atomic mass is 35.5. The normalized spacial score (nSPS) is 15.5. The molecular weight excluding hydrogens is 412 g/mol. The summed E-state index contributed by atoms with van der Waals surface area (Å²) < 4.78 is 10.8. The number of para-hydroxylation sites is 1. The van der Waals surface area contributed by atoms with Crippen molar-refractivity contribution < 1.29 is 19.1 Å². The average Bonchev–Trinajstić information content (AvgIpc) is 2.68. The molecule has 1 aliphatic heterocycles. The van der Waals surface area contributed by atoms with E-state index in [2.05, 4.69) is 5.32 Å². The van der Waals surface area contributed by atoms with Crippen LogP contribution in [0.2, 0.25) is 5.02 Å². The van der Waals surface area contributed by atoms with Gasteiger partial charge in [-0.15, -0.1) is 0 Å². The van der Waals surface area contributed by atoms with E-state index in [0.29, 0.717) is 34.4 Å². The number of hydrogen-bond acceptors (Lipinski definition) is 5. The molecule has 29 heavy (non-hydrogen) atoms. The molecule has 1 N–H and O–H groups in total. The first kappa shape index (κ1) is 20.8. The summed E-state index contributed by atoms with van der Waals surface area (Å²) >= 11 is 11.6. The molecule has 0 aliphatic carbocycles. The summed E-state index contributed by atoms with van der Waals surface area (Å²) in [6.45, 7) is 4.12. The van der Waals surface area contributed by atoms with Crippen molar-refractivity contribution in [3.8, 4) is 11.5 Å². The van der Waals surface area contributed by atoms with Gasteiger partial charge in [-0.1, -0.05) is 29.8 Å². The van der Waals surface area contributed by atoms with Gasteiger partial charge >= 0.3 is 0 Å². The Kier molecular flexibility index (Phi) is 6.20. The molecule has 0 saturated carbocycles. The van der Waals surface area contributed by atoms with Gasteiger partial charge in [-0.2, -0.15) is 0 Å². The van der Waals surface area contributed by atoms with E-state index < -0.39 is 11.8 Å². The van der Waals surface area contributed by atoms with Crippen LogP contribution in [0.15, 0.2) is 42.0 Å². The lowest BCUT2D eigenvalue weighted by atomic mass is 10.1. The number of halogens is 1. The zero-order chi connectivity index (χ0) is 21.1. The van der Waals surface area contributed by atoms with Crippen LogP contribution < -0.4 is 19.7 Å². The van der Waals surface area contributed by atoms with Gasteiger partial charge in [-0.05, 0) is 55.4 Å². The van der Waals surface area contributed by atoms with Gasteiger partial charge in [0.05, 0.1) is 24.4 Å². The minimum atomic E-state index is -0.588. The SMILES string of the molecule is CCOc1cc(/C=C2\C(=O)NC(=S)N(c3ccccc3C)C2=O)c(Cl)cc1OC. The van der Waals surface area contributed by atoms with Crippen molar-refractivity contribution >= 4 is 52.5 Å². The van der Waals surface area contributed by atoms with Gasteiger partial charge < -0.3 is 9.47 Å². The molecule has 0 atom stereocenters. The van der Waals surface area contributed by atoms with Gasteiger partial charge in [-0.3, -0.25) is 19.8 Å². The number of thiocarbonyl (C=S) groups is 1. The van der Waals surface area contributed by atoms with Crippen LogP contribution in [-0.2, 0) is 9.59 Å². The predicted molar refractivity (Wildman–Crippen MR) is 117 cm³/mol. The number of nitrogens with one attached hydrogen (secondary N) is 1. The second-order valence-corrected chi connectivity index (χ2v) is 7.00. The number of methoxy groups -OCH3 is 1. The van der Waals surface area contributed by atoms with Crippen LogP contribution in [-0.4, -0.2) is 30.6 Å². The van der Waals surface area contributed by atoms with E-state index in [-0.39, 0.29) is 10.7 Å². The second kappa shape index (κ2) is 8.63. The minimum absolute atomic E-state index is 0.0299. The monoisotopic (exact) mass is 430 g/mol. The third-order valence-corrected chi connectivity index (χ3v) is 4.95. The minimum Gasteiger partial charge on any atom is -0.493 e. The van der Waals surface area contributed by atoms with Crippen LogP contribution in [0.4, 0.5) is 5.69 Å². The van der Waals surface area contributed by atoms with Gasteiger partial charge in [-0.25, -0.2) is 0 Å². The van der Waals surface area contributed by atoms with Crippen molar-refractivity contribution in [2.45, 2.75) is 13.8 Å². The largest absolute Gasteiger partial charge is 0.493 e. The van der Waals surface area contributed by atoms with Gasteiger partial charge in [0.1, 0.15) is 5.57 Å². The Hall–Kier alpha value is -2.90. The summed E-state index contributed by atoms with van der Waals surface area (Å²) in [6, 6.07) is 10.5. The number of anilines is 1. The van der Waals surface area contributed by atoms with E-state index in [9.17, 15) is 9.59 Å². The van der Waals surface area contributed by atoms with Crippen LogP contribution in [0.3, 0.4) is 0 Å². The van der Waals surface area contributed by atoms with Crippen LogP contribution >= 0.6 is 23.8 Å². The summed E-state index contributed by atoms with van der Waals surface area (Å²) in [5.74, 6) is -0.199. The van der Waals surface area contributed by atoms with E-state index in [4.69, 9.17) is 33.3 Å². The molecule has 0 bridgehead atoms. The van der Waals surface area contributed by atoms with Crippen molar-refractivity contribution in [2.24, 2.45) is 0 Å². The number of aryl methyl sites for hydroxylation is 1. The Morgan fingerprint density at radius 2 is 1.93 bits per heavy atom. The molecule has 0 aromatic heterocycles. The molecule has 0 radical (unpaired) electrons. The molecule has 6 nitrogen and oxygen atoms in total. The Bertz CT molecular complexity index is 1040. The van der Waals surface area contributed by atoms with Crippen LogP contribution in [0.1, 0.15) is 18.1 Å². The Labute approximate surface area is 179 Å². The van der Waals surface area contributed by atoms with Crippen LogP contribution in [0.5, 0.6) is 11.5 Å². The third kappa shape index (κ3) is 4.11. The van der Waals surface area contributed by atoms with E-state index in [1.807, 2.05) is 26.0 Å². The average molecular weight is 431 g/mol. The molecule has 2 aromatic carbocycles. The quantitative estimate of drug-likeness (QED) is 0.443. The number of rotatable bonds is 5. The topological polar surface area (TPSA) is 67.9 Å². The molecule has 2 aromatic rings. The molecule has 0 spiro atoms. The first-order chi connectivity index (χ1) is 13.9. The summed E-state index contributed by atoms with van der Waals surface area (Å²) in [7, 11) is 1.51. The predicted octanol–water partition coefficient (Wildman–Crippen LogP) is 3.89. The summed E-state index contributed by atoms with van der Waals surface area (Å²) in [5, 5.41) is 2.91. The van der Waals surface area contributed by atoms with Crippen molar-refractivity contribution in [2.75, 3.05) is 18.6 Å². The fraction of sp³-hybridized carbons (Fsp3) is 0.190. The standard InChI is InChI=1S/C21H19ClN2O4S/c1-4-28-18-10-13(15(22)11-17(18)27-3)9-14-19(25)23-21(29)24(20(14)26)16-8-6-5-7-12(16)2/h5-11H,4H2,1-3H3,(H,23,25,29)/b14-9+. The summed E-state index contributed by atoms with van der Waals surface area (Å²) in [4.78, 5) is 27.0. The highest BCUT2D eigenvalue weighted by Crippen LogP contribution is 2.35. The number of ether oxygens (including phenoxy) is 2. The first-order valence-corrected chi connectivity index (χ1v) is 9.63. The van der Waals surface area contributed by atoms with Crippen molar-refractivity contribution in [3.05, 3.63) is 58.1 Å². The fourth-order valence-corrected chi connectivity index (χ4v) is 3.42. The zero-order valence-corrected chi connectivity index (χ0v) is 17.7. The third-order valence-electron chi connectivity index (χ3n) is 4.34. The summed E-state index contributed by atoms with van der Waals surface area (Å²) in [5.41, 5.74) is 1.81. The lowest BCUT2D eigenvalue weighted by Crippen LogP contribution is -2.54. The Balaban J connectivity index is 2.08. The lowest BCUT2D eigenvalue weighted by Gasteiger charge is -2.30. The molecule has 3 rings (SSSR count). The van der Waals surface area contributed by atoms with Crippen molar-refractivity contribution in [3.63, 3.8) is 0 Å². The molecular formula is C21H19ClN2O4S. The molecule has 2 amide bonds. The number of carbonyl (C=O) groups excluding carboxylic acids is 2. The van der Waals surface area contributed by atoms with Crippen molar-refractivity contribution in [1.29, 1.82) is 0 Å². The first-order valence-electron chi connectivity index (χ1n) is 8.84. The zero-order valence-electron chi connectivity index (χ0n) is 16.1. The Morgan fingerprint density at radius 1 is 1.21 bits per heavy atom. The van der Waals surface area contributed by atoms with Crippen LogP contribution in [0, 0.1) is 6.92 Å². The molecule has 1 aliphatic rings. The maximum absolute atomic E-state index is 13.2. The molecule has 1 saturated heterocycles. The molecule has 1 fully saturated rings. The van der Waals surface area contributed by atoms with Crippen molar-refractivity contribution in [1.82, 2.24) is 5.32 Å². The molecule has 0 unspecified atom stereocenters. The number of benzene rings is 2. The number of hydrogen-bond donors (Lipinski definition) is 1. The van der Waals surface area contributed by atoms with E-state index >= 15 is 0 Å². The smallest absolute Gasteiger partial charge is 0.270 e. The highest BCUT2D eigenvalue weighted by Gasteiger charge is 2.35. The number of amides is 2. The second-order valence-electron chi connectivity index (χ2n) is 6.20. The highest BCUT2D eigenvalue weighted by molar-refractivity contribution is 7.80. The van der Waals surface area contributed by atoms with E-state index in [1.54, 1.807) is 24.3 Å². The maximum Gasteiger partial charge on any atom is 0.270 e. The lowest BCUT2D eigenvalue weighted by molar-refractivity contribution is -0.122. The van der Waals surface area contributed by atoms with Gasteiger partial charge in [0.25, 0.3) is 11.8 Å². The fourth-order valence-electron chi connectivity index (χ4n) is 2.94. The maximum atomic E-state index is 13.2. The van der Waals surface area contributed by atoms with Gasteiger partial charge in [0.2, 0.25) is 0 Å². The number of carbonyl (C=O) groups is 2. The molecule has 1 heterocycles.